The molecule has 1 atom stereocenters. The van der Waals surface area contributed by atoms with Crippen LogP contribution in [0.15, 0.2) is 36.7 Å². The third-order valence-electron chi connectivity index (χ3n) is 5.48. The highest BCUT2D eigenvalue weighted by Gasteiger charge is 2.31. The molecule has 0 amide bonds. The van der Waals surface area contributed by atoms with Gasteiger partial charge in [0.2, 0.25) is 0 Å². The van der Waals surface area contributed by atoms with Crippen LogP contribution in [-0.4, -0.2) is 65.3 Å². The molecule has 1 fully saturated rings. The molecule has 0 aliphatic carbocycles. The van der Waals surface area contributed by atoms with Crippen molar-refractivity contribution in [3.63, 3.8) is 0 Å². The van der Waals surface area contributed by atoms with Gasteiger partial charge in [0.05, 0.1) is 30.5 Å². The second kappa shape index (κ2) is 9.78. The molecule has 2 aromatic rings. The number of aliphatic hydroxyl groups is 2. The van der Waals surface area contributed by atoms with Gasteiger partial charge in [-0.05, 0) is 51.8 Å². The molecule has 6 nitrogen and oxygen atoms in total. The minimum atomic E-state index is -1.01. The molecule has 2 radical (unpaired) electrons. The predicted molar refractivity (Wildman–Crippen MR) is 118 cm³/mol. The highest BCUT2D eigenvalue weighted by Crippen LogP contribution is 2.24. The van der Waals surface area contributed by atoms with Gasteiger partial charge in [-0.2, -0.15) is 5.10 Å². The van der Waals surface area contributed by atoms with E-state index in [9.17, 15) is 0 Å². The van der Waals surface area contributed by atoms with E-state index in [1.165, 1.54) is 11.3 Å². The fourth-order valence-electron chi connectivity index (χ4n) is 2.83. The molecule has 0 saturated carbocycles. The molecule has 2 N–H and O–H groups in total. The third kappa shape index (κ3) is 6.59. The van der Waals surface area contributed by atoms with Crippen LogP contribution in [0.25, 0.3) is 0 Å². The zero-order chi connectivity index (χ0) is 21.7. The lowest BCUT2D eigenvalue weighted by Crippen LogP contribution is -2.44. The van der Waals surface area contributed by atoms with Gasteiger partial charge >= 0.3 is 0 Å². The number of aromatic nitrogens is 2. The van der Waals surface area contributed by atoms with Crippen molar-refractivity contribution in [2.45, 2.75) is 58.3 Å². The minimum Gasteiger partial charge on any atom is -0.387 e. The number of hydrogen-bond donors (Lipinski definition) is 2. The highest BCUT2D eigenvalue weighted by molar-refractivity contribution is 6.31. The van der Waals surface area contributed by atoms with E-state index in [-0.39, 0.29) is 6.04 Å². The Morgan fingerprint density at radius 3 is 2.03 bits per heavy atom. The van der Waals surface area contributed by atoms with Crippen molar-refractivity contribution in [3.05, 3.63) is 42.2 Å². The maximum Gasteiger partial charge on any atom is 0.118 e. The van der Waals surface area contributed by atoms with E-state index in [1.54, 1.807) is 33.9 Å². The first-order valence-electron chi connectivity index (χ1n) is 10.2. The smallest absolute Gasteiger partial charge is 0.118 e. The standard InChI is InChI=1S/C16H20BN3O.C6H14O2/c1-2-16(20-12-14(17)11-18-20)13-3-5-15(6-4-13)19-7-9-21-10-8-19;1-5(2,7)6(3,4)8/h3-6,11-12,16H,2,7-10H2,1H3;7-8H,1-4H3. The lowest BCUT2D eigenvalue weighted by atomic mass is 9.90. The summed E-state index contributed by atoms with van der Waals surface area (Å²) in [6, 6.07) is 9.00. The van der Waals surface area contributed by atoms with E-state index < -0.39 is 11.2 Å². The van der Waals surface area contributed by atoms with Crippen LogP contribution in [0, 0.1) is 0 Å². The molecule has 1 saturated heterocycles. The van der Waals surface area contributed by atoms with Crippen molar-refractivity contribution >= 4 is 19.0 Å². The normalized spacial score (nSPS) is 16.2. The fourth-order valence-corrected chi connectivity index (χ4v) is 2.83. The van der Waals surface area contributed by atoms with E-state index in [4.69, 9.17) is 22.8 Å². The van der Waals surface area contributed by atoms with Crippen LogP contribution in [0.3, 0.4) is 0 Å². The van der Waals surface area contributed by atoms with Crippen LogP contribution in [-0.2, 0) is 4.74 Å². The largest absolute Gasteiger partial charge is 0.387 e. The third-order valence-corrected chi connectivity index (χ3v) is 5.48. The summed E-state index contributed by atoms with van der Waals surface area (Å²) in [4.78, 5) is 2.36. The zero-order valence-corrected chi connectivity index (χ0v) is 18.3. The number of rotatable bonds is 5. The Hall–Kier alpha value is -1.83. The van der Waals surface area contributed by atoms with Crippen molar-refractivity contribution in [3.8, 4) is 0 Å². The Morgan fingerprint density at radius 1 is 1.07 bits per heavy atom. The molecule has 158 valence electrons. The Morgan fingerprint density at radius 2 is 1.62 bits per heavy atom. The van der Waals surface area contributed by atoms with E-state index in [0.717, 1.165) is 32.7 Å². The maximum absolute atomic E-state index is 9.10. The molecular formula is C22H34BN3O3. The average molecular weight is 399 g/mol. The fraction of sp³-hybridized carbons (Fsp3) is 0.591. The van der Waals surface area contributed by atoms with Crippen LogP contribution in [0.2, 0.25) is 0 Å². The van der Waals surface area contributed by atoms with Gasteiger partial charge in [0.15, 0.2) is 0 Å². The summed E-state index contributed by atoms with van der Waals surface area (Å²) in [5.74, 6) is 0. The minimum absolute atomic E-state index is 0.237. The SMILES string of the molecule is CC(C)(O)C(C)(C)O.[B]c1cnn(C(CC)c2ccc(N3CCOCC3)cc2)c1. The van der Waals surface area contributed by atoms with Crippen molar-refractivity contribution in [2.24, 2.45) is 0 Å². The van der Waals surface area contributed by atoms with Crippen molar-refractivity contribution in [1.82, 2.24) is 9.78 Å². The van der Waals surface area contributed by atoms with E-state index in [2.05, 4.69) is 41.2 Å². The number of nitrogens with zero attached hydrogens (tertiary/aromatic N) is 3. The summed E-state index contributed by atoms with van der Waals surface area (Å²) < 4.78 is 7.34. The predicted octanol–water partition coefficient (Wildman–Crippen LogP) is 2.04. The summed E-state index contributed by atoms with van der Waals surface area (Å²) >= 11 is 0. The number of hydrogen-bond acceptors (Lipinski definition) is 5. The van der Waals surface area contributed by atoms with Crippen molar-refractivity contribution in [1.29, 1.82) is 0 Å². The second-order valence-electron chi connectivity index (χ2n) is 8.49. The van der Waals surface area contributed by atoms with Crippen LogP contribution in [0.5, 0.6) is 0 Å². The van der Waals surface area contributed by atoms with Crippen molar-refractivity contribution in [2.75, 3.05) is 31.2 Å². The number of anilines is 1. The second-order valence-corrected chi connectivity index (χ2v) is 8.49. The van der Waals surface area contributed by atoms with Crippen LogP contribution < -0.4 is 10.4 Å². The van der Waals surface area contributed by atoms with Gasteiger partial charge < -0.3 is 19.8 Å². The van der Waals surface area contributed by atoms with E-state index in [0.29, 0.717) is 5.46 Å². The lowest BCUT2D eigenvalue weighted by Gasteiger charge is -2.31. The number of benzene rings is 1. The molecule has 1 unspecified atom stereocenters. The quantitative estimate of drug-likeness (QED) is 0.754. The average Bonchev–Trinajstić information content (AvgIpc) is 3.08. The highest BCUT2D eigenvalue weighted by atomic mass is 16.5. The zero-order valence-electron chi connectivity index (χ0n) is 18.3. The molecule has 1 aromatic carbocycles. The Labute approximate surface area is 175 Å². The molecule has 3 rings (SSSR count). The van der Waals surface area contributed by atoms with Gasteiger partial charge in [-0.25, -0.2) is 0 Å². The van der Waals surface area contributed by atoms with Gasteiger partial charge in [-0.1, -0.05) is 24.5 Å². The Kier molecular flexibility index (Phi) is 7.91. The molecule has 7 heteroatoms. The van der Waals surface area contributed by atoms with Gasteiger partial charge in [0, 0.05) is 31.2 Å². The molecule has 0 bridgehead atoms. The molecule has 1 aromatic heterocycles. The van der Waals surface area contributed by atoms with Gasteiger partial charge in [0.25, 0.3) is 0 Å². The number of morpholine rings is 1. The number of ether oxygens (including phenoxy) is 1. The Bertz CT molecular complexity index is 730. The van der Waals surface area contributed by atoms with E-state index >= 15 is 0 Å². The molecule has 1 aliphatic rings. The summed E-state index contributed by atoms with van der Waals surface area (Å²) in [7, 11) is 5.77. The summed E-state index contributed by atoms with van der Waals surface area (Å²) in [5, 5.41) is 22.5. The molecule has 29 heavy (non-hydrogen) atoms. The van der Waals surface area contributed by atoms with Crippen LogP contribution in [0.4, 0.5) is 5.69 Å². The van der Waals surface area contributed by atoms with Crippen LogP contribution in [0.1, 0.15) is 52.6 Å². The molecular weight excluding hydrogens is 365 g/mol. The molecule has 0 spiro atoms. The first kappa shape index (κ1) is 23.5. The van der Waals surface area contributed by atoms with Gasteiger partial charge in [0.1, 0.15) is 7.85 Å². The topological polar surface area (TPSA) is 70.8 Å². The van der Waals surface area contributed by atoms with Gasteiger partial charge in [-0.15, -0.1) is 0 Å². The first-order valence-corrected chi connectivity index (χ1v) is 10.2. The Balaban J connectivity index is 0.000000321. The summed E-state index contributed by atoms with van der Waals surface area (Å²) in [5.41, 5.74) is 1.22. The van der Waals surface area contributed by atoms with Crippen LogP contribution >= 0.6 is 0 Å². The lowest BCUT2D eigenvalue weighted by molar-refractivity contribution is -0.107. The molecule has 1 aliphatic heterocycles. The monoisotopic (exact) mass is 399 g/mol. The van der Waals surface area contributed by atoms with E-state index in [1.807, 2.05) is 10.9 Å². The first-order chi connectivity index (χ1) is 13.5. The summed E-state index contributed by atoms with van der Waals surface area (Å²) in [6.45, 7) is 12.0. The van der Waals surface area contributed by atoms with Gasteiger partial charge in [-0.3, -0.25) is 4.68 Å². The van der Waals surface area contributed by atoms with Crippen molar-refractivity contribution < 1.29 is 14.9 Å². The molecule has 2 heterocycles. The summed E-state index contributed by atoms with van der Waals surface area (Å²) in [6.07, 6.45) is 4.58. The maximum atomic E-state index is 9.10.